The second-order valence-corrected chi connectivity index (χ2v) is 8.38. The molecule has 116 valence electrons. The van der Waals surface area contributed by atoms with Crippen molar-refractivity contribution in [1.82, 2.24) is 0 Å². The van der Waals surface area contributed by atoms with Crippen molar-refractivity contribution in [2.45, 2.75) is 19.0 Å². The minimum atomic E-state index is -3.60. The molecular weight excluding hydrogens is 370 g/mol. The first-order chi connectivity index (χ1) is 9.77. The molecule has 0 radical (unpaired) electrons. The van der Waals surface area contributed by atoms with E-state index in [4.69, 9.17) is 0 Å². The van der Waals surface area contributed by atoms with Crippen LogP contribution in [0.1, 0.15) is 13.8 Å². The molecule has 0 bridgehead atoms. The summed E-state index contributed by atoms with van der Waals surface area (Å²) in [6.45, 7) is 3.40. The van der Waals surface area contributed by atoms with Crippen LogP contribution in [0.4, 0.5) is 25.2 Å². The Bertz CT molecular complexity index is 433. The van der Waals surface area contributed by atoms with Gasteiger partial charge in [0.15, 0.2) is 5.16 Å². The molecule has 0 rings (SSSR count). The van der Waals surface area contributed by atoms with Crippen LogP contribution in [-0.2, 0) is 0 Å². The van der Waals surface area contributed by atoms with E-state index >= 15 is 0 Å². The molecule has 0 saturated carbocycles. The van der Waals surface area contributed by atoms with E-state index in [1.54, 1.807) is 30.8 Å². The van der Waals surface area contributed by atoms with E-state index in [0.717, 1.165) is 0 Å². The second kappa shape index (κ2) is 10.7. The molecule has 0 atom stereocenters. The van der Waals surface area contributed by atoms with Gasteiger partial charge in [-0.2, -0.15) is 25.2 Å². The predicted molar refractivity (Wildman–Crippen MR) is 81.5 cm³/mol. The first kappa shape index (κ1) is 21.0. The van der Waals surface area contributed by atoms with Crippen LogP contribution in [0.3, 0.4) is 0 Å². The Morgan fingerprint density at radius 2 is 0.952 bits per heavy atom. The first-order valence-corrected chi connectivity index (χ1v) is 10.5. The Morgan fingerprint density at radius 1 is 0.667 bits per heavy atom. The summed E-state index contributed by atoms with van der Waals surface area (Å²) in [5.74, 6) is 6.33. The molecule has 0 nitrogen and oxygen atoms in total. The van der Waals surface area contributed by atoms with Crippen molar-refractivity contribution in [2.75, 3.05) is 12.3 Å². The predicted octanol–water partition coefficient (Wildman–Crippen LogP) is 6.88. The molecule has 0 aromatic heterocycles. The number of hydrogen-bond acceptors (Lipinski definition) is 0. The summed E-state index contributed by atoms with van der Waals surface area (Å²) in [6, 6.07) is 0. The van der Waals surface area contributed by atoms with E-state index < -0.39 is 38.7 Å². The van der Waals surface area contributed by atoms with Crippen LogP contribution in [0.2, 0.25) is 0 Å². The number of hydrogen-bond donors (Lipinski definition) is 0. The summed E-state index contributed by atoms with van der Waals surface area (Å²) in [4.78, 5) is 0. The highest BCUT2D eigenvalue weighted by molar-refractivity contribution is 7.60. The molecule has 0 spiro atoms. The lowest BCUT2D eigenvalue weighted by atomic mass is 10.2. The maximum atomic E-state index is 12.3. The van der Waals surface area contributed by atoms with E-state index in [1.807, 2.05) is 0 Å². The lowest BCUT2D eigenvalue weighted by Gasteiger charge is -2.26. The van der Waals surface area contributed by atoms with E-state index in [-0.39, 0.29) is 0 Å². The SMILES string of the molecule is CCP(CC)C(C#CP(F)F)(C#CP(F)F)C#CP(F)F. The van der Waals surface area contributed by atoms with Crippen LogP contribution in [0.5, 0.6) is 0 Å². The van der Waals surface area contributed by atoms with Gasteiger partial charge in [-0.3, -0.25) is 0 Å². The van der Waals surface area contributed by atoms with Gasteiger partial charge in [-0.25, -0.2) is 0 Å². The van der Waals surface area contributed by atoms with Gasteiger partial charge in [0, 0.05) is 0 Å². The molecule has 0 unspecified atom stereocenters. The van der Waals surface area contributed by atoms with Gasteiger partial charge in [-0.1, -0.05) is 39.5 Å². The van der Waals surface area contributed by atoms with Gasteiger partial charge in [0.2, 0.25) is 0 Å². The molecule has 10 heteroatoms. The van der Waals surface area contributed by atoms with Crippen LogP contribution in [-0.4, -0.2) is 17.5 Å². The standard InChI is InChI=1S/C11H10F6P4/c1-3-18(4-2)11(5-8-19(12)13,6-9-20(14)15)7-10-21(16)17/h3-4H2,1-2H3. The molecule has 0 N–H and O–H groups in total. The molecule has 0 saturated heterocycles. The van der Waals surface area contributed by atoms with Crippen molar-refractivity contribution in [3.63, 3.8) is 0 Å². The molecule has 0 aliphatic rings. The third-order valence-electron chi connectivity index (χ3n) is 2.20. The highest BCUT2D eigenvalue weighted by Gasteiger charge is 2.32. The topological polar surface area (TPSA) is 0 Å². The monoisotopic (exact) mass is 380 g/mol. The summed E-state index contributed by atoms with van der Waals surface area (Å²) < 4.78 is 74.1. The normalized spacial score (nSPS) is 10.9. The van der Waals surface area contributed by atoms with Gasteiger partial charge < -0.3 is 0 Å². The van der Waals surface area contributed by atoms with E-state index in [0.29, 0.717) is 12.3 Å². The quantitative estimate of drug-likeness (QED) is 0.284. The molecule has 0 aromatic rings. The molecule has 0 heterocycles. The van der Waals surface area contributed by atoms with Crippen molar-refractivity contribution in [1.29, 1.82) is 0 Å². The Kier molecular flexibility index (Phi) is 10.7. The second-order valence-electron chi connectivity index (χ2n) is 3.29. The molecule has 0 aliphatic carbocycles. The summed E-state index contributed by atoms with van der Waals surface area (Å²) in [5, 5.41) is -1.80. The molecule has 0 amide bonds. The van der Waals surface area contributed by atoms with Crippen molar-refractivity contribution < 1.29 is 25.2 Å². The molecule has 0 fully saturated rings. The third kappa shape index (κ3) is 8.25. The van der Waals surface area contributed by atoms with Gasteiger partial charge in [-0.15, -0.1) is 0 Å². The van der Waals surface area contributed by atoms with E-state index in [9.17, 15) is 25.2 Å². The van der Waals surface area contributed by atoms with Gasteiger partial charge in [-0.05, 0) is 29.3 Å². The average Bonchev–Trinajstić information content (AvgIpc) is 2.40. The minimum Gasteiger partial charge on any atom is -0.173 e. The highest BCUT2D eigenvalue weighted by atomic mass is 31.2. The fourth-order valence-electron chi connectivity index (χ4n) is 1.40. The smallest absolute Gasteiger partial charge is 0.173 e. The van der Waals surface area contributed by atoms with Crippen molar-refractivity contribution >= 4 is 33.6 Å². The highest BCUT2D eigenvalue weighted by Crippen LogP contribution is 2.51. The molecule has 0 aromatic carbocycles. The zero-order valence-corrected chi connectivity index (χ0v) is 14.5. The Hall–Kier alpha value is -0.0200. The minimum absolute atomic E-state index is 0.410. The zero-order valence-electron chi connectivity index (χ0n) is 11.0. The summed E-state index contributed by atoms with van der Waals surface area (Å²) in [5.41, 5.74) is 4.80. The molecular formula is C11H10F6P4. The number of rotatable bonds is 3. The van der Waals surface area contributed by atoms with E-state index in [2.05, 4.69) is 17.8 Å². The zero-order chi connectivity index (χ0) is 16.5. The van der Waals surface area contributed by atoms with Crippen LogP contribution in [0, 0.1) is 34.7 Å². The van der Waals surface area contributed by atoms with E-state index in [1.165, 1.54) is 0 Å². The van der Waals surface area contributed by atoms with Crippen molar-refractivity contribution in [3.8, 4) is 34.7 Å². The largest absolute Gasteiger partial charge is 0.344 e. The third-order valence-corrected chi connectivity index (χ3v) is 5.86. The Balaban J connectivity index is 6.05. The fourth-order valence-corrected chi connectivity index (χ4v) is 4.46. The van der Waals surface area contributed by atoms with Crippen molar-refractivity contribution in [2.24, 2.45) is 0 Å². The van der Waals surface area contributed by atoms with Gasteiger partial charge in [0.1, 0.15) is 0 Å². The first-order valence-electron chi connectivity index (χ1n) is 5.46. The summed E-state index contributed by atoms with van der Waals surface area (Å²) in [7, 11) is -12.1. The van der Waals surface area contributed by atoms with Crippen LogP contribution in [0.25, 0.3) is 0 Å². The average molecular weight is 380 g/mol. The van der Waals surface area contributed by atoms with Crippen LogP contribution < -0.4 is 0 Å². The van der Waals surface area contributed by atoms with Gasteiger partial charge in [0.25, 0.3) is 0 Å². The maximum absolute atomic E-state index is 12.3. The van der Waals surface area contributed by atoms with Crippen LogP contribution in [0.15, 0.2) is 0 Å². The van der Waals surface area contributed by atoms with Gasteiger partial charge in [0.05, 0.1) is 0 Å². The molecule has 0 aliphatic heterocycles. The lowest BCUT2D eigenvalue weighted by Crippen LogP contribution is -2.22. The maximum Gasteiger partial charge on any atom is 0.344 e. The lowest BCUT2D eigenvalue weighted by molar-refractivity contribution is 0.764. The summed E-state index contributed by atoms with van der Waals surface area (Å²) in [6.07, 6.45) is 0.820. The van der Waals surface area contributed by atoms with Crippen LogP contribution >= 0.6 is 33.6 Å². The molecule has 21 heavy (non-hydrogen) atoms. The van der Waals surface area contributed by atoms with Crippen molar-refractivity contribution in [3.05, 3.63) is 0 Å². The summed E-state index contributed by atoms with van der Waals surface area (Å²) >= 11 is 0. The Morgan fingerprint density at radius 3 is 1.14 bits per heavy atom. The fraction of sp³-hybridized carbons (Fsp3) is 0.455. The number of halogens is 6. The van der Waals surface area contributed by atoms with Gasteiger partial charge >= 0.3 is 25.6 Å². The Labute approximate surface area is 125 Å².